The molecule has 0 aromatic rings. The molecule has 0 aromatic carbocycles. The van der Waals surface area contributed by atoms with Gasteiger partial charge in [-0.2, -0.15) is 11.8 Å². The molecule has 96 valence electrons. The van der Waals surface area contributed by atoms with Crippen molar-refractivity contribution in [3.05, 3.63) is 0 Å². The summed E-state index contributed by atoms with van der Waals surface area (Å²) >= 11 is 1.92. The van der Waals surface area contributed by atoms with Gasteiger partial charge in [0.15, 0.2) is 0 Å². The van der Waals surface area contributed by atoms with Crippen molar-refractivity contribution in [1.82, 2.24) is 10.2 Å². The van der Waals surface area contributed by atoms with Crippen LogP contribution in [-0.2, 0) is 4.74 Å². The van der Waals surface area contributed by atoms with Gasteiger partial charge in [-0.25, -0.2) is 0 Å². The van der Waals surface area contributed by atoms with Gasteiger partial charge < -0.3 is 15.0 Å². The summed E-state index contributed by atoms with van der Waals surface area (Å²) in [4.78, 5) is 2.50. The lowest BCUT2D eigenvalue weighted by Crippen LogP contribution is -2.46. The fourth-order valence-electron chi connectivity index (χ4n) is 2.24. The number of hydrogen-bond acceptors (Lipinski definition) is 4. The summed E-state index contributed by atoms with van der Waals surface area (Å²) in [6.45, 7) is 6.67. The van der Waals surface area contributed by atoms with Gasteiger partial charge in [0.05, 0.1) is 6.61 Å². The largest absolute Gasteiger partial charge is 0.383 e. The van der Waals surface area contributed by atoms with E-state index in [1.165, 1.54) is 31.7 Å². The van der Waals surface area contributed by atoms with Crippen molar-refractivity contribution in [2.75, 3.05) is 45.4 Å². The zero-order valence-corrected chi connectivity index (χ0v) is 11.7. The zero-order valence-electron chi connectivity index (χ0n) is 10.9. The van der Waals surface area contributed by atoms with Crippen molar-refractivity contribution in [3.63, 3.8) is 0 Å². The minimum Gasteiger partial charge on any atom is -0.383 e. The predicted molar refractivity (Wildman–Crippen MR) is 72.3 cm³/mol. The van der Waals surface area contributed by atoms with Gasteiger partial charge in [-0.15, -0.1) is 0 Å². The number of nitrogens with one attached hydrogen (secondary N) is 1. The van der Waals surface area contributed by atoms with Gasteiger partial charge in [0.25, 0.3) is 0 Å². The van der Waals surface area contributed by atoms with Crippen LogP contribution in [0.2, 0.25) is 0 Å². The molecule has 3 nitrogen and oxygen atoms in total. The molecule has 0 aromatic heterocycles. The fourth-order valence-corrected chi connectivity index (χ4v) is 2.84. The molecule has 0 spiro atoms. The highest BCUT2D eigenvalue weighted by Gasteiger charge is 2.19. The minimum absolute atomic E-state index is 0.644. The Morgan fingerprint density at radius 1 is 1.44 bits per heavy atom. The van der Waals surface area contributed by atoms with Crippen LogP contribution in [0.25, 0.3) is 0 Å². The number of nitrogens with zero attached hydrogens (tertiary/aromatic N) is 1. The molecule has 16 heavy (non-hydrogen) atoms. The summed E-state index contributed by atoms with van der Waals surface area (Å²) in [7, 11) is 1.78. The SMILES string of the molecule is COCCN1CCC(NC(C)CSC)CC1. The molecule has 1 aliphatic heterocycles. The first-order chi connectivity index (χ1) is 7.76. The highest BCUT2D eigenvalue weighted by Crippen LogP contribution is 2.11. The third-order valence-corrected chi connectivity index (χ3v) is 3.97. The maximum absolute atomic E-state index is 5.11. The summed E-state index contributed by atoms with van der Waals surface area (Å²) in [5.74, 6) is 1.21. The Labute approximate surface area is 104 Å². The van der Waals surface area contributed by atoms with Crippen molar-refractivity contribution >= 4 is 11.8 Å². The first-order valence-electron chi connectivity index (χ1n) is 6.22. The van der Waals surface area contributed by atoms with Gasteiger partial charge in [0, 0.05) is 31.5 Å². The third-order valence-electron chi connectivity index (χ3n) is 3.14. The molecule has 1 N–H and O–H groups in total. The molecule has 1 heterocycles. The van der Waals surface area contributed by atoms with E-state index in [1.54, 1.807) is 7.11 Å². The molecule has 1 unspecified atom stereocenters. The summed E-state index contributed by atoms with van der Waals surface area (Å²) < 4.78 is 5.11. The average molecular weight is 246 g/mol. The van der Waals surface area contributed by atoms with Crippen LogP contribution >= 0.6 is 11.8 Å². The number of likely N-dealkylation sites (tertiary alicyclic amines) is 1. The molecule has 0 bridgehead atoms. The molecule has 1 rings (SSSR count). The molecule has 0 radical (unpaired) electrons. The van der Waals surface area contributed by atoms with Gasteiger partial charge in [-0.1, -0.05) is 0 Å². The molecule has 1 saturated heterocycles. The van der Waals surface area contributed by atoms with Crippen LogP contribution in [0.3, 0.4) is 0 Å². The maximum atomic E-state index is 5.11. The van der Waals surface area contributed by atoms with Gasteiger partial charge in [0.2, 0.25) is 0 Å². The van der Waals surface area contributed by atoms with E-state index in [1.807, 2.05) is 11.8 Å². The lowest BCUT2D eigenvalue weighted by molar-refractivity contribution is 0.125. The van der Waals surface area contributed by atoms with E-state index in [0.717, 1.165) is 19.2 Å². The first kappa shape index (κ1) is 14.3. The van der Waals surface area contributed by atoms with Gasteiger partial charge in [0.1, 0.15) is 0 Å². The zero-order chi connectivity index (χ0) is 11.8. The van der Waals surface area contributed by atoms with Gasteiger partial charge in [-0.05, 0) is 39.1 Å². The average Bonchev–Trinajstić information content (AvgIpc) is 2.28. The molecule has 1 fully saturated rings. The Bertz CT molecular complexity index is 172. The number of hydrogen-bond donors (Lipinski definition) is 1. The van der Waals surface area contributed by atoms with E-state index in [-0.39, 0.29) is 0 Å². The molecule has 0 aliphatic carbocycles. The summed E-state index contributed by atoms with van der Waals surface area (Å²) in [6, 6.07) is 1.37. The van der Waals surface area contributed by atoms with E-state index in [2.05, 4.69) is 23.4 Å². The molecule has 0 saturated carbocycles. The van der Waals surface area contributed by atoms with Crippen molar-refractivity contribution in [2.24, 2.45) is 0 Å². The quantitative estimate of drug-likeness (QED) is 0.735. The molecular weight excluding hydrogens is 220 g/mol. The van der Waals surface area contributed by atoms with Crippen LogP contribution in [0.5, 0.6) is 0 Å². The third kappa shape index (κ3) is 5.53. The second-order valence-corrected chi connectivity index (χ2v) is 5.54. The van der Waals surface area contributed by atoms with Gasteiger partial charge >= 0.3 is 0 Å². The molecule has 1 atom stereocenters. The number of rotatable bonds is 7. The number of methoxy groups -OCH3 is 1. The topological polar surface area (TPSA) is 24.5 Å². The summed E-state index contributed by atoms with van der Waals surface area (Å²) in [5.41, 5.74) is 0. The van der Waals surface area contributed by atoms with Gasteiger partial charge in [-0.3, -0.25) is 0 Å². The van der Waals surface area contributed by atoms with E-state index < -0.39 is 0 Å². The number of piperidine rings is 1. The van der Waals surface area contributed by atoms with Crippen molar-refractivity contribution < 1.29 is 4.74 Å². The standard InChI is InChI=1S/C12H26N2OS/c1-11(10-16-3)13-12-4-6-14(7-5-12)8-9-15-2/h11-13H,4-10H2,1-3H3. The predicted octanol–water partition coefficient (Wildman–Crippen LogP) is 1.44. The molecule has 4 heteroatoms. The van der Waals surface area contributed by atoms with Crippen molar-refractivity contribution in [1.29, 1.82) is 0 Å². The molecule has 1 aliphatic rings. The lowest BCUT2D eigenvalue weighted by Gasteiger charge is -2.33. The summed E-state index contributed by atoms with van der Waals surface area (Å²) in [5, 5.41) is 3.72. The highest BCUT2D eigenvalue weighted by molar-refractivity contribution is 7.98. The highest BCUT2D eigenvalue weighted by atomic mass is 32.2. The second kappa shape index (κ2) is 8.34. The maximum Gasteiger partial charge on any atom is 0.0589 e. The first-order valence-corrected chi connectivity index (χ1v) is 7.62. The Balaban J connectivity index is 2.11. The van der Waals surface area contributed by atoms with Crippen molar-refractivity contribution in [3.8, 4) is 0 Å². The van der Waals surface area contributed by atoms with E-state index >= 15 is 0 Å². The van der Waals surface area contributed by atoms with Crippen LogP contribution in [-0.4, -0.2) is 62.3 Å². The van der Waals surface area contributed by atoms with E-state index in [9.17, 15) is 0 Å². The smallest absolute Gasteiger partial charge is 0.0589 e. The lowest BCUT2D eigenvalue weighted by atomic mass is 10.0. The van der Waals surface area contributed by atoms with Crippen LogP contribution < -0.4 is 5.32 Å². The minimum atomic E-state index is 0.644. The van der Waals surface area contributed by atoms with Crippen LogP contribution in [0.1, 0.15) is 19.8 Å². The van der Waals surface area contributed by atoms with E-state index in [0.29, 0.717) is 6.04 Å². The normalized spacial score (nSPS) is 21.2. The fraction of sp³-hybridized carbons (Fsp3) is 1.00. The summed E-state index contributed by atoms with van der Waals surface area (Å²) in [6.07, 6.45) is 4.73. The number of ether oxygens (including phenoxy) is 1. The monoisotopic (exact) mass is 246 g/mol. The Morgan fingerprint density at radius 3 is 2.69 bits per heavy atom. The Kier molecular flexibility index (Phi) is 7.45. The van der Waals surface area contributed by atoms with Crippen LogP contribution in [0.15, 0.2) is 0 Å². The van der Waals surface area contributed by atoms with Crippen LogP contribution in [0.4, 0.5) is 0 Å². The number of thioether (sulfide) groups is 1. The Hall–Kier alpha value is 0.230. The Morgan fingerprint density at radius 2 is 2.12 bits per heavy atom. The second-order valence-electron chi connectivity index (χ2n) is 4.63. The molecule has 0 amide bonds. The van der Waals surface area contributed by atoms with Crippen LogP contribution in [0, 0.1) is 0 Å². The van der Waals surface area contributed by atoms with Crippen molar-refractivity contribution in [2.45, 2.75) is 31.8 Å². The molecular formula is C12H26N2OS. The van der Waals surface area contributed by atoms with E-state index in [4.69, 9.17) is 4.74 Å².